The Kier molecular flexibility index (Phi) is 5.69. The molecule has 1 rings (SSSR count). The monoisotopic (exact) mass is 280 g/mol. The van der Waals surface area contributed by atoms with E-state index >= 15 is 0 Å². The van der Waals surface area contributed by atoms with Crippen molar-refractivity contribution in [1.29, 1.82) is 0 Å². The fraction of sp³-hybridized carbons (Fsp3) is 0.462. The van der Waals surface area contributed by atoms with Crippen molar-refractivity contribution < 1.29 is 4.79 Å². The summed E-state index contributed by atoms with van der Waals surface area (Å²) in [5, 5.41) is 2.86. The summed E-state index contributed by atoms with van der Waals surface area (Å²) in [6.07, 6.45) is 0. The minimum atomic E-state index is -0.0290. The summed E-state index contributed by atoms with van der Waals surface area (Å²) in [5.74, 6) is 1.08. The van der Waals surface area contributed by atoms with Crippen molar-refractivity contribution in [2.75, 3.05) is 25.0 Å². The summed E-state index contributed by atoms with van der Waals surface area (Å²) in [5.41, 5.74) is 6.09. The Hall–Kier alpha value is -1.69. The molecule has 5 nitrogen and oxygen atoms in total. The minimum absolute atomic E-state index is 0.0290. The van der Waals surface area contributed by atoms with Crippen molar-refractivity contribution in [2.24, 2.45) is 11.7 Å². The van der Waals surface area contributed by atoms with Crippen LogP contribution < -0.4 is 16.0 Å². The van der Waals surface area contributed by atoms with Gasteiger partial charge < -0.3 is 16.0 Å². The molecule has 19 heavy (non-hydrogen) atoms. The maximum atomic E-state index is 11.7. The van der Waals surface area contributed by atoms with Crippen LogP contribution in [-0.2, 0) is 4.79 Å². The largest absolute Gasteiger partial charge is 0.388 e. The predicted octanol–water partition coefficient (Wildman–Crippen LogP) is 0.924. The van der Waals surface area contributed by atoms with E-state index in [-0.39, 0.29) is 17.4 Å². The Balaban J connectivity index is 2.62. The molecule has 0 radical (unpaired) electrons. The molecule has 0 spiro atoms. The van der Waals surface area contributed by atoms with Crippen LogP contribution in [0.4, 0.5) is 5.82 Å². The first-order valence-corrected chi connectivity index (χ1v) is 6.55. The molecule has 1 amide bonds. The Labute approximate surface area is 119 Å². The van der Waals surface area contributed by atoms with E-state index in [0.717, 1.165) is 0 Å². The number of carbonyl (C=O) groups excluding carboxylic acids is 1. The topological polar surface area (TPSA) is 71.2 Å². The van der Waals surface area contributed by atoms with Gasteiger partial charge in [-0.25, -0.2) is 4.98 Å². The smallest absolute Gasteiger partial charge is 0.239 e. The Morgan fingerprint density at radius 1 is 1.53 bits per heavy atom. The highest BCUT2D eigenvalue weighted by Gasteiger charge is 2.09. The summed E-state index contributed by atoms with van der Waals surface area (Å²) in [6.45, 7) is 5.03. The normalized spacial score (nSPS) is 10.3. The van der Waals surface area contributed by atoms with Crippen LogP contribution in [0.1, 0.15) is 19.5 Å². The number of nitrogens with one attached hydrogen (secondary N) is 1. The second kappa shape index (κ2) is 7.04. The molecular weight excluding hydrogens is 260 g/mol. The lowest BCUT2D eigenvalue weighted by atomic mass is 10.2. The molecule has 1 aromatic heterocycles. The number of aromatic nitrogens is 1. The van der Waals surface area contributed by atoms with Gasteiger partial charge in [0.25, 0.3) is 0 Å². The molecular formula is C13H20N4OS. The summed E-state index contributed by atoms with van der Waals surface area (Å²) in [7, 11) is 1.81. The molecule has 0 bridgehead atoms. The van der Waals surface area contributed by atoms with Gasteiger partial charge in [-0.3, -0.25) is 4.79 Å². The van der Waals surface area contributed by atoms with Crippen molar-refractivity contribution >= 4 is 28.9 Å². The summed E-state index contributed by atoms with van der Waals surface area (Å²) in [6, 6.07) is 5.38. The second-order valence-electron chi connectivity index (χ2n) is 4.80. The molecule has 0 aliphatic heterocycles. The number of nitrogens with zero attached hydrogens (tertiary/aromatic N) is 2. The highest BCUT2D eigenvalue weighted by Crippen LogP contribution is 2.09. The molecule has 0 aliphatic carbocycles. The van der Waals surface area contributed by atoms with Crippen molar-refractivity contribution in [3.63, 3.8) is 0 Å². The van der Waals surface area contributed by atoms with Crippen molar-refractivity contribution in [2.45, 2.75) is 13.8 Å². The Morgan fingerprint density at radius 2 is 2.21 bits per heavy atom. The van der Waals surface area contributed by atoms with Crippen LogP contribution >= 0.6 is 12.2 Å². The maximum absolute atomic E-state index is 11.7. The summed E-state index contributed by atoms with van der Waals surface area (Å²) >= 11 is 4.88. The SMILES string of the molecule is CC(C)CNC(=O)CN(C)c1cccc(C(N)=S)n1. The van der Waals surface area contributed by atoms with Gasteiger partial charge in [0.05, 0.1) is 12.2 Å². The van der Waals surface area contributed by atoms with Crippen molar-refractivity contribution in [3.8, 4) is 0 Å². The number of anilines is 1. The first kappa shape index (κ1) is 15.4. The number of pyridine rings is 1. The molecule has 0 saturated carbocycles. The number of carbonyl (C=O) groups is 1. The third-order valence-corrected chi connectivity index (χ3v) is 2.68. The number of nitrogens with two attached hydrogens (primary N) is 1. The Bertz CT molecular complexity index is 462. The molecule has 0 unspecified atom stereocenters. The van der Waals surface area contributed by atoms with Crippen LogP contribution in [-0.4, -0.2) is 36.0 Å². The standard InChI is InChI=1S/C13H20N4OS/c1-9(2)7-15-12(18)8-17(3)11-6-4-5-10(16-11)13(14)19/h4-6,9H,7-8H2,1-3H3,(H2,14,19)(H,15,18). The number of hydrogen-bond donors (Lipinski definition) is 2. The van der Waals surface area contributed by atoms with Gasteiger partial charge in [0.2, 0.25) is 5.91 Å². The van der Waals surface area contributed by atoms with Crippen LogP contribution in [0, 0.1) is 5.92 Å². The first-order chi connectivity index (χ1) is 8.90. The number of rotatable bonds is 6. The molecule has 104 valence electrons. The minimum Gasteiger partial charge on any atom is -0.388 e. The third kappa shape index (κ3) is 5.21. The number of amides is 1. The van der Waals surface area contributed by atoms with Gasteiger partial charge in [-0.15, -0.1) is 0 Å². The Morgan fingerprint density at radius 3 is 2.79 bits per heavy atom. The van der Waals surface area contributed by atoms with E-state index in [0.29, 0.717) is 24.0 Å². The van der Waals surface area contributed by atoms with Gasteiger partial charge >= 0.3 is 0 Å². The van der Waals surface area contributed by atoms with Gasteiger partial charge in [0.15, 0.2) is 0 Å². The third-order valence-electron chi connectivity index (χ3n) is 2.47. The first-order valence-electron chi connectivity index (χ1n) is 6.15. The zero-order valence-electron chi connectivity index (χ0n) is 11.5. The molecule has 1 heterocycles. The summed E-state index contributed by atoms with van der Waals surface area (Å²) < 4.78 is 0. The molecule has 1 aromatic rings. The zero-order chi connectivity index (χ0) is 14.4. The second-order valence-corrected chi connectivity index (χ2v) is 5.24. The molecule has 0 aromatic carbocycles. The van der Waals surface area contributed by atoms with Gasteiger partial charge in [-0.1, -0.05) is 32.1 Å². The van der Waals surface area contributed by atoms with E-state index in [1.807, 2.05) is 12.1 Å². The maximum Gasteiger partial charge on any atom is 0.239 e. The van der Waals surface area contributed by atoms with E-state index in [4.69, 9.17) is 18.0 Å². The van der Waals surface area contributed by atoms with E-state index in [9.17, 15) is 4.79 Å². The van der Waals surface area contributed by atoms with E-state index in [2.05, 4.69) is 24.1 Å². The predicted molar refractivity (Wildman–Crippen MR) is 81.2 cm³/mol. The van der Waals surface area contributed by atoms with Crippen LogP contribution in [0.2, 0.25) is 0 Å². The van der Waals surface area contributed by atoms with Crippen LogP contribution in [0.25, 0.3) is 0 Å². The molecule has 3 N–H and O–H groups in total. The summed E-state index contributed by atoms with van der Waals surface area (Å²) in [4.78, 5) is 18.0. The van der Waals surface area contributed by atoms with Crippen LogP contribution in [0.5, 0.6) is 0 Å². The highest BCUT2D eigenvalue weighted by atomic mass is 32.1. The number of thiocarbonyl (C=S) groups is 1. The van der Waals surface area contributed by atoms with Crippen molar-refractivity contribution in [1.82, 2.24) is 10.3 Å². The number of likely N-dealkylation sites (N-methyl/N-ethyl adjacent to an activating group) is 1. The van der Waals surface area contributed by atoms with Crippen LogP contribution in [0.3, 0.4) is 0 Å². The van der Waals surface area contributed by atoms with Gasteiger partial charge in [0.1, 0.15) is 10.8 Å². The number of hydrogen-bond acceptors (Lipinski definition) is 4. The average Bonchev–Trinajstić information content (AvgIpc) is 2.36. The van der Waals surface area contributed by atoms with E-state index < -0.39 is 0 Å². The zero-order valence-corrected chi connectivity index (χ0v) is 12.3. The van der Waals surface area contributed by atoms with Gasteiger partial charge in [-0.2, -0.15) is 0 Å². The lowest BCUT2D eigenvalue weighted by molar-refractivity contribution is -0.119. The lowest BCUT2D eigenvalue weighted by Gasteiger charge is -2.18. The molecule has 0 saturated heterocycles. The molecule has 0 aliphatic rings. The molecule has 6 heteroatoms. The average molecular weight is 280 g/mol. The lowest BCUT2D eigenvalue weighted by Crippen LogP contribution is -2.37. The van der Waals surface area contributed by atoms with Crippen LogP contribution in [0.15, 0.2) is 18.2 Å². The molecule has 0 fully saturated rings. The van der Waals surface area contributed by atoms with E-state index in [1.165, 1.54) is 0 Å². The fourth-order valence-corrected chi connectivity index (χ4v) is 1.56. The fourth-order valence-electron chi connectivity index (χ4n) is 1.44. The van der Waals surface area contributed by atoms with Crippen molar-refractivity contribution in [3.05, 3.63) is 23.9 Å². The molecule has 0 atom stereocenters. The van der Waals surface area contributed by atoms with Gasteiger partial charge in [-0.05, 0) is 18.1 Å². The van der Waals surface area contributed by atoms with E-state index in [1.54, 1.807) is 18.0 Å². The highest BCUT2D eigenvalue weighted by molar-refractivity contribution is 7.80. The quantitative estimate of drug-likeness (QED) is 0.758. The van der Waals surface area contributed by atoms with Gasteiger partial charge in [0, 0.05) is 13.6 Å².